The molecule has 0 fully saturated rings. The quantitative estimate of drug-likeness (QED) is 0.263. The Bertz CT molecular complexity index is 195. The Morgan fingerprint density at radius 2 is 1.75 bits per heavy atom. The maximum Gasteiger partial charge on any atom is 0.0113 e. The minimum absolute atomic E-state index is 0.0753. The van der Waals surface area contributed by atoms with Crippen LogP contribution in [0.3, 0.4) is 0 Å². The molecule has 0 atom stereocenters. The summed E-state index contributed by atoms with van der Waals surface area (Å²) < 4.78 is 3.80. The first-order chi connectivity index (χ1) is 5.81. The third-order valence-electron chi connectivity index (χ3n) is 0.394. The van der Waals surface area contributed by atoms with E-state index in [9.17, 15) is 0 Å². The molecule has 0 aliphatic heterocycles. The predicted molar refractivity (Wildman–Crippen MR) is 33.4 cm³/mol. The number of nitrogens with one attached hydrogen (secondary N) is 1. The van der Waals surface area contributed by atoms with Crippen molar-refractivity contribution in [3.05, 3.63) is 0 Å². The average Bonchev–Trinajstić information content (AvgIpc) is 2.10. The summed E-state index contributed by atoms with van der Waals surface area (Å²) in [5.41, 5.74) is 6.11. The molecule has 66 valence electrons. The van der Waals surface area contributed by atoms with Crippen LogP contribution in [0, 0.1) is 5.53 Å². The van der Waals surface area contributed by atoms with E-state index in [4.69, 9.17) is 10.7 Å². The lowest BCUT2D eigenvalue weighted by Crippen LogP contribution is -2.04. The molecule has 12 heteroatoms. The second kappa shape index (κ2) is 7.58. The van der Waals surface area contributed by atoms with Crippen LogP contribution in [0.4, 0.5) is 0 Å². The van der Waals surface area contributed by atoms with Gasteiger partial charge >= 0.3 is 0 Å². The second-order valence-corrected chi connectivity index (χ2v) is 1.13. The Hall–Kier alpha value is -1.53. The van der Waals surface area contributed by atoms with Crippen LogP contribution in [0.5, 0.6) is 0 Å². The molecule has 2 N–H and O–H groups in total. The SMILES string of the molecule is N=N/N=N/N=N/N=N/N(O)OS. The molecule has 0 radical (unpaired) electrons. The predicted octanol–water partition coefficient (Wildman–Crippen LogP) is 1.50. The summed E-state index contributed by atoms with van der Waals surface area (Å²) >= 11 is 3.14. The molecule has 0 amide bonds. The van der Waals surface area contributed by atoms with Gasteiger partial charge in [0.2, 0.25) is 0 Å². The molecule has 0 rings (SSSR count). The molecular weight excluding hydrogens is 190 g/mol. The van der Waals surface area contributed by atoms with Gasteiger partial charge in [0.25, 0.3) is 0 Å². The molecule has 0 saturated heterocycles. The van der Waals surface area contributed by atoms with Gasteiger partial charge in [-0.15, -0.1) is 0 Å². The third kappa shape index (κ3) is 6.59. The lowest BCUT2D eigenvalue weighted by Gasteiger charge is -1.97. The van der Waals surface area contributed by atoms with E-state index in [2.05, 4.69) is 53.8 Å². The van der Waals surface area contributed by atoms with E-state index in [1.807, 2.05) is 0 Å². The highest BCUT2D eigenvalue weighted by Gasteiger charge is 1.86. The zero-order valence-electron chi connectivity index (χ0n) is 5.38. The first-order valence-electron chi connectivity index (χ1n) is 2.19. The van der Waals surface area contributed by atoms with Gasteiger partial charge in [-0.05, 0) is 26.2 Å². The third-order valence-corrected chi connectivity index (χ3v) is 0.540. The van der Waals surface area contributed by atoms with E-state index < -0.39 is 0 Å². The van der Waals surface area contributed by atoms with Crippen molar-refractivity contribution in [3.8, 4) is 0 Å². The highest BCUT2D eigenvalue weighted by molar-refractivity contribution is 7.75. The largest absolute Gasteiger partial charge is 0.245 e. The Balaban J connectivity index is 3.65. The van der Waals surface area contributed by atoms with Gasteiger partial charge in [0, 0.05) is 28.6 Å². The van der Waals surface area contributed by atoms with E-state index in [0.717, 1.165) is 0 Å². The van der Waals surface area contributed by atoms with Crippen molar-refractivity contribution in [3.63, 3.8) is 0 Å². The highest BCUT2D eigenvalue weighted by atomic mass is 32.1. The number of rotatable bonds is 5. The van der Waals surface area contributed by atoms with Crippen LogP contribution >= 0.6 is 12.9 Å². The van der Waals surface area contributed by atoms with E-state index in [1.165, 1.54) is 0 Å². The first kappa shape index (κ1) is 10.5. The van der Waals surface area contributed by atoms with Crippen LogP contribution in [0.1, 0.15) is 0 Å². The zero-order valence-corrected chi connectivity index (χ0v) is 6.27. The number of hydrogen-bond acceptors (Lipinski definition) is 5. The Kier molecular flexibility index (Phi) is 6.61. The maximum atomic E-state index is 8.33. The fourth-order valence-corrected chi connectivity index (χ4v) is 0.175. The molecule has 11 nitrogen and oxygen atoms in total. The van der Waals surface area contributed by atoms with Crippen molar-refractivity contribution >= 4 is 12.9 Å². The average molecular weight is 193 g/mol. The van der Waals surface area contributed by atoms with E-state index in [1.54, 1.807) is 0 Å². The fourth-order valence-electron chi connectivity index (χ4n) is 0.142. The summed E-state index contributed by atoms with van der Waals surface area (Å²) in [5, 5.41) is 27.7. The van der Waals surface area contributed by atoms with Gasteiger partial charge in [-0.1, -0.05) is 0 Å². The smallest absolute Gasteiger partial charge is 0.0113 e. The summed E-state index contributed by atoms with van der Waals surface area (Å²) in [4.78, 5) is 0. The van der Waals surface area contributed by atoms with Crippen LogP contribution in [0.2, 0.25) is 0 Å². The van der Waals surface area contributed by atoms with Crippen LogP contribution in [0.15, 0.2) is 36.6 Å². The molecule has 0 bridgehead atoms. The van der Waals surface area contributed by atoms with Crippen molar-refractivity contribution in [2.75, 3.05) is 0 Å². The molecule has 0 aliphatic carbocycles. The molecule has 0 aromatic rings. The monoisotopic (exact) mass is 193 g/mol. The van der Waals surface area contributed by atoms with Crippen molar-refractivity contribution in [1.29, 1.82) is 5.53 Å². The topological polar surface area (TPSA) is 143 Å². The molecular formula is H3N9O2S. The highest BCUT2D eigenvalue weighted by Crippen LogP contribution is 1.90. The first-order valence-corrected chi connectivity index (χ1v) is 2.55. The molecule has 0 saturated carbocycles. The molecule has 0 aromatic heterocycles. The second-order valence-electron chi connectivity index (χ2n) is 0.971. The molecule has 0 unspecified atom stereocenters. The summed E-state index contributed by atoms with van der Waals surface area (Å²) in [6.45, 7) is 0. The molecule has 12 heavy (non-hydrogen) atoms. The lowest BCUT2D eigenvalue weighted by atomic mass is 12.3. The summed E-state index contributed by atoms with van der Waals surface area (Å²) in [6, 6.07) is 0. The van der Waals surface area contributed by atoms with Crippen LogP contribution in [-0.2, 0) is 4.28 Å². The molecule has 0 spiro atoms. The van der Waals surface area contributed by atoms with Crippen molar-refractivity contribution in [2.45, 2.75) is 0 Å². The van der Waals surface area contributed by atoms with Crippen molar-refractivity contribution in [2.24, 2.45) is 36.6 Å². The molecule has 0 heterocycles. The minimum atomic E-state index is -0.0753. The zero-order chi connectivity index (χ0) is 9.23. The van der Waals surface area contributed by atoms with Gasteiger partial charge in [0.05, 0.1) is 0 Å². The van der Waals surface area contributed by atoms with Gasteiger partial charge in [-0.25, -0.2) is 5.21 Å². The van der Waals surface area contributed by atoms with Gasteiger partial charge in [-0.3, -0.25) is 0 Å². The van der Waals surface area contributed by atoms with Crippen LogP contribution < -0.4 is 0 Å². The molecule has 0 aromatic carbocycles. The van der Waals surface area contributed by atoms with E-state index >= 15 is 0 Å². The normalized spacial score (nSPS) is 11.8. The van der Waals surface area contributed by atoms with Gasteiger partial charge < -0.3 is 0 Å². The summed E-state index contributed by atoms with van der Waals surface area (Å²) in [7, 11) is 0. The standard InChI is InChI=1S/H3N9O2S/c1-2-3-4-5-6-7-8-9(10)11-12/h1,10,12H/b2-1?,4-3+,6-5+,8-7+. The Morgan fingerprint density at radius 3 is 2.33 bits per heavy atom. The van der Waals surface area contributed by atoms with E-state index in [0.29, 0.717) is 0 Å². The van der Waals surface area contributed by atoms with Crippen molar-refractivity contribution in [1.82, 2.24) is 5.34 Å². The van der Waals surface area contributed by atoms with Crippen molar-refractivity contribution < 1.29 is 9.49 Å². The van der Waals surface area contributed by atoms with Crippen LogP contribution in [0.25, 0.3) is 0 Å². The summed E-state index contributed by atoms with van der Waals surface area (Å²) in [5.74, 6) is 0. The van der Waals surface area contributed by atoms with Gasteiger partial charge in [0.1, 0.15) is 0 Å². The number of hydrogen-bond donors (Lipinski definition) is 3. The Morgan fingerprint density at radius 1 is 1.17 bits per heavy atom. The summed E-state index contributed by atoms with van der Waals surface area (Å²) in [6.07, 6.45) is 0. The van der Waals surface area contributed by atoms with Gasteiger partial charge in [-0.2, -0.15) is 9.81 Å². The number of nitrogens with zero attached hydrogens (tertiary/aromatic N) is 8. The van der Waals surface area contributed by atoms with Crippen LogP contribution in [-0.4, -0.2) is 10.5 Å². The van der Waals surface area contributed by atoms with Gasteiger partial charge in [0.15, 0.2) is 0 Å². The maximum absolute atomic E-state index is 8.33. The molecule has 0 aliphatic rings. The van der Waals surface area contributed by atoms with E-state index in [-0.39, 0.29) is 5.34 Å². The number of thiol groups is 1. The minimum Gasteiger partial charge on any atom is -0.245 e. The lowest BCUT2D eigenvalue weighted by molar-refractivity contribution is -0.278. The fraction of sp³-hybridized carbons (Fsp3) is 0. The Labute approximate surface area is 70.8 Å².